The van der Waals surface area contributed by atoms with Crippen molar-refractivity contribution in [1.29, 1.82) is 0 Å². The number of thiocarbonyl (C=S) groups is 1. The molecule has 2 N–H and O–H groups in total. The van der Waals surface area contributed by atoms with Gasteiger partial charge in [-0.3, -0.25) is 4.79 Å². The highest BCUT2D eigenvalue weighted by molar-refractivity contribution is 7.80. The molecule has 19 heavy (non-hydrogen) atoms. The van der Waals surface area contributed by atoms with Crippen molar-refractivity contribution in [3.8, 4) is 0 Å². The minimum Gasteiger partial charge on any atom is -0.393 e. The number of likely N-dealkylation sites (N-methyl/N-ethyl adjacent to an activating group) is 1. The molecule has 4 heteroatoms. The van der Waals surface area contributed by atoms with Crippen LogP contribution in [0.25, 0.3) is 0 Å². The molecular weight excluding hydrogens is 256 g/mol. The standard InChI is InChI=1S/C15H22N2OS/c1-4-17(10-12(3)15(16)19)14(18)9-13-8-6-5-7-11(13)2/h5-8,12H,4,9-10H2,1-3H3,(H2,16,19). The molecule has 0 aliphatic carbocycles. The van der Waals surface area contributed by atoms with Crippen LogP contribution in [0.15, 0.2) is 24.3 Å². The molecule has 0 bridgehead atoms. The first-order chi connectivity index (χ1) is 8.95. The van der Waals surface area contributed by atoms with Gasteiger partial charge in [-0.05, 0) is 25.0 Å². The summed E-state index contributed by atoms with van der Waals surface area (Å²) in [6.45, 7) is 7.22. The zero-order valence-corrected chi connectivity index (χ0v) is 12.7. The summed E-state index contributed by atoms with van der Waals surface area (Å²) in [6, 6.07) is 7.97. The fourth-order valence-corrected chi connectivity index (χ4v) is 1.99. The molecule has 0 saturated carbocycles. The molecule has 0 radical (unpaired) electrons. The predicted molar refractivity (Wildman–Crippen MR) is 83.1 cm³/mol. The van der Waals surface area contributed by atoms with Crippen molar-refractivity contribution >= 4 is 23.1 Å². The van der Waals surface area contributed by atoms with Crippen LogP contribution in [0.3, 0.4) is 0 Å². The quantitative estimate of drug-likeness (QED) is 0.812. The Labute approximate surface area is 120 Å². The maximum atomic E-state index is 12.3. The van der Waals surface area contributed by atoms with E-state index in [4.69, 9.17) is 18.0 Å². The molecule has 1 aromatic carbocycles. The summed E-state index contributed by atoms with van der Waals surface area (Å²) in [5.74, 6) is 0.177. The van der Waals surface area contributed by atoms with Crippen molar-refractivity contribution in [2.75, 3.05) is 13.1 Å². The van der Waals surface area contributed by atoms with Crippen molar-refractivity contribution < 1.29 is 4.79 Å². The molecule has 0 saturated heterocycles. The highest BCUT2D eigenvalue weighted by atomic mass is 32.1. The fraction of sp³-hybridized carbons (Fsp3) is 0.467. The normalized spacial score (nSPS) is 11.9. The lowest BCUT2D eigenvalue weighted by Gasteiger charge is -2.24. The summed E-state index contributed by atoms with van der Waals surface area (Å²) < 4.78 is 0. The van der Waals surface area contributed by atoms with Crippen LogP contribution in [0.5, 0.6) is 0 Å². The Hall–Kier alpha value is -1.42. The van der Waals surface area contributed by atoms with Gasteiger partial charge in [0, 0.05) is 19.0 Å². The van der Waals surface area contributed by atoms with Gasteiger partial charge in [0.2, 0.25) is 5.91 Å². The number of benzene rings is 1. The molecule has 1 unspecified atom stereocenters. The van der Waals surface area contributed by atoms with Crippen LogP contribution in [0.4, 0.5) is 0 Å². The van der Waals surface area contributed by atoms with Crippen LogP contribution in [0, 0.1) is 12.8 Å². The van der Waals surface area contributed by atoms with Crippen LogP contribution in [0.2, 0.25) is 0 Å². The van der Waals surface area contributed by atoms with Gasteiger partial charge in [-0.1, -0.05) is 43.4 Å². The zero-order valence-electron chi connectivity index (χ0n) is 11.8. The van der Waals surface area contributed by atoms with Crippen LogP contribution in [-0.4, -0.2) is 28.9 Å². The van der Waals surface area contributed by atoms with Crippen molar-refractivity contribution in [2.24, 2.45) is 11.7 Å². The second-order valence-electron chi connectivity index (χ2n) is 4.84. The van der Waals surface area contributed by atoms with Gasteiger partial charge in [-0.25, -0.2) is 0 Å². The molecule has 1 atom stereocenters. The molecule has 1 rings (SSSR count). The van der Waals surface area contributed by atoms with Crippen LogP contribution in [0.1, 0.15) is 25.0 Å². The Balaban J connectivity index is 2.69. The van der Waals surface area contributed by atoms with Gasteiger partial charge in [0.1, 0.15) is 0 Å². The minimum absolute atomic E-state index is 0.0516. The van der Waals surface area contributed by atoms with Gasteiger partial charge in [-0.15, -0.1) is 0 Å². The molecule has 1 aromatic rings. The summed E-state index contributed by atoms with van der Waals surface area (Å²) in [5, 5.41) is 0. The Morgan fingerprint density at radius 1 is 1.42 bits per heavy atom. The van der Waals surface area contributed by atoms with E-state index >= 15 is 0 Å². The predicted octanol–water partition coefficient (Wildman–Crippen LogP) is 2.31. The third-order valence-electron chi connectivity index (χ3n) is 3.32. The van der Waals surface area contributed by atoms with Crippen molar-refractivity contribution in [3.63, 3.8) is 0 Å². The van der Waals surface area contributed by atoms with Gasteiger partial charge < -0.3 is 10.6 Å². The summed E-state index contributed by atoms with van der Waals surface area (Å²) >= 11 is 4.96. The van der Waals surface area contributed by atoms with Gasteiger partial charge >= 0.3 is 0 Å². The molecule has 0 heterocycles. The van der Waals surface area contributed by atoms with E-state index in [2.05, 4.69) is 0 Å². The molecule has 0 aromatic heterocycles. The van der Waals surface area contributed by atoms with Crippen LogP contribution >= 0.6 is 12.2 Å². The SMILES string of the molecule is CCN(CC(C)C(N)=S)C(=O)Cc1ccccc1C. The average molecular weight is 278 g/mol. The number of aryl methyl sites for hydroxylation is 1. The number of amides is 1. The fourth-order valence-electron chi connectivity index (χ4n) is 1.91. The van der Waals surface area contributed by atoms with Gasteiger partial charge in [0.05, 0.1) is 11.4 Å². The first-order valence-electron chi connectivity index (χ1n) is 6.57. The Morgan fingerprint density at radius 2 is 2.05 bits per heavy atom. The largest absolute Gasteiger partial charge is 0.393 e. The first-order valence-corrected chi connectivity index (χ1v) is 6.98. The van der Waals surface area contributed by atoms with E-state index in [9.17, 15) is 4.79 Å². The number of hydrogen-bond acceptors (Lipinski definition) is 2. The molecule has 3 nitrogen and oxygen atoms in total. The van der Waals surface area contributed by atoms with Gasteiger partial charge in [0.25, 0.3) is 0 Å². The van der Waals surface area contributed by atoms with E-state index in [-0.39, 0.29) is 11.8 Å². The molecule has 104 valence electrons. The lowest BCUT2D eigenvalue weighted by Crippen LogP contribution is -2.39. The third-order valence-corrected chi connectivity index (χ3v) is 3.72. The number of hydrogen-bond donors (Lipinski definition) is 1. The number of carbonyl (C=O) groups excluding carboxylic acids is 1. The second kappa shape index (κ2) is 7.24. The van der Waals surface area contributed by atoms with Crippen molar-refractivity contribution in [2.45, 2.75) is 27.2 Å². The van der Waals surface area contributed by atoms with E-state index in [0.29, 0.717) is 24.5 Å². The summed E-state index contributed by atoms with van der Waals surface area (Å²) in [4.78, 5) is 14.6. The number of nitrogens with two attached hydrogens (primary N) is 1. The molecule has 1 amide bonds. The van der Waals surface area contributed by atoms with Gasteiger partial charge in [-0.2, -0.15) is 0 Å². The van der Waals surface area contributed by atoms with Gasteiger partial charge in [0.15, 0.2) is 0 Å². The molecular formula is C15H22N2OS. The smallest absolute Gasteiger partial charge is 0.227 e. The van der Waals surface area contributed by atoms with Crippen molar-refractivity contribution in [3.05, 3.63) is 35.4 Å². The molecule has 0 fully saturated rings. The number of rotatable bonds is 6. The highest BCUT2D eigenvalue weighted by Gasteiger charge is 2.17. The lowest BCUT2D eigenvalue weighted by atomic mass is 10.0. The number of carbonyl (C=O) groups is 1. The maximum Gasteiger partial charge on any atom is 0.227 e. The summed E-state index contributed by atoms with van der Waals surface area (Å²) in [7, 11) is 0. The second-order valence-corrected chi connectivity index (χ2v) is 5.31. The van der Waals surface area contributed by atoms with E-state index < -0.39 is 0 Å². The summed E-state index contributed by atoms with van der Waals surface area (Å²) in [5.41, 5.74) is 7.83. The van der Waals surface area contributed by atoms with Crippen LogP contribution < -0.4 is 5.73 Å². The van der Waals surface area contributed by atoms with E-state index in [1.165, 1.54) is 0 Å². The lowest BCUT2D eigenvalue weighted by molar-refractivity contribution is -0.130. The molecule has 0 aliphatic rings. The maximum absolute atomic E-state index is 12.3. The van der Waals surface area contributed by atoms with E-state index in [0.717, 1.165) is 11.1 Å². The Morgan fingerprint density at radius 3 is 2.58 bits per heavy atom. The van der Waals surface area contributed by atoms with E-state index in [1.54, 1.807) is 0 Å². The number of nitrogens with zero attached hydrogens (tertiary/aromatic N) is 1. The minimum atomic E-state index is 0.0516. The Kier molecular flexibility index (Phi) is 5.96. The third kappa shape index (κ3) is 4.63. The molecule has 0 aliphatic heterocycles. The molecule has 0 spiro atoms. The van der Waals surface area contributed by atoms with E-state index in [1.807, 2.05) is 49.9 Å². The highest BCUT2D eigenvalue weighted by Crippen LogP contribution is 2.10. The summed E-state index contributed by atoms with van der Waals surface area (Å²) in [6.07, 6.45) is 0.435. The average Bonchev–Trinajstić information content (AvgIpc) is 2.38. The first kappa shape index (κ1) is 15.6. The van der Waals surface area contributed by atoms with Crippen molar-refractivity contribution in [1.82, 2.24) is 4.90 Å². The monoisotopic (exact) mass is 278 g/mol. The van der Waals surface area contributed by atoms with Crippen LogP contribution in [-0.2, 0) is 11.2 Å². The zero-order chi connectivity index (χ0) is 14.4. The topological polar surface area (TPSA) is 46.3 Å². The Bertz CT molecular complexity index is 459.